The van der Waals surface area contributed by atoms with Crippen LogP contribution in [0, 0.1) is 0 Å². The highest BCUT2D eigenvalue weighted by Gasteiger charge is 2.55. The topological polar surface area (TPSA) is 52.6 Å². The molecule has 0 amide bonds. The Morgan fingerprint density at radius 1 is 1.18 bits per heavy atom. The van der Waals surface area contributed by atoms with Gasteiger partial charge >= 0.3 is 5.97 Å². The lowest BCUT2D eigenvalue weighted by Crippen LogP contribution is -2.61. The molecule has 2 aliphatic heterocycles. The molecule has 0 radical (unpaired) electrons. The zero-order valence-corrected chi connectivity index (χ0v) is 10.3. The van der Waals surface area contributed by atoms with Gasteiger partial charge < -0.3 is 5.11 Å². The molecule has 0 aromatic heterocycles. The maximum atomic E-state index is 11.8. The first-order valence-corrected chi connectivity index (χ1v) is 6.97. The van der Waals surface area contributed by atoms with Crippen LogP contribution in [0.3, 0.4) is 0 Å². The highest BCUT2D eigenvalue weighted by atomic mass is 16.4. The summed E-state index contributed by atoms with van der Waals surface area (Å²) in [4.78, 5) is 14.1. The van der Waals surface area contributed by atoms with Crippen molar-refractivity contribution in [2.45, 2.75) is 62.6 Å². The Hall–Kier alpha value is -0.610. The molecule has 2 atom stereocenters. The zero-order chi connectivity index (χ0) is 11.9. The van der Waals surface area contributed by atoms with E-state index in [1.165, 1.54) is 12.8 Å². The van der Waals surface area contributed by atoms with Gasteiger partial charge in [-0.3, -0.25) is 15.0 Å². The summed E-state index contributed by atoms with van der Waals surface area (Å²) in [6.07, 6.45) is 7.80. The number of carboxylic acids is 1. The number of hydrogen-bond acceptors (Lipinski definition) is 3. The van der Waals surface area contributed by atoms with E-state index in [0.717, 1.165) is 45.2 Å². The summed E-state index contributed by atoms with van der Waals surface area (Å²) in [5.74, 6) is -0.626. The van der Waals surface area contributed by atoms with E-state index in [1.807, 2.05) is 0 Å². The van der Waals surface area contributed by atoms with Crippen LogP contribution in [0.5, 0.6) is 0 Å². The molecular weight excluding hydrogens is 216 g/mol. The molecule has 0 spiro atoms. The Balaban J connectivity index is 1.80. The van der Waals surface area contributed by atoms with E-state index in [0.29, 0.717) is 6.04 Å². The molecule has 2 heterocycles. The molecule has 4 heteroatoms. The SMILES string of the molecule is O=C(O)C1(NC2CCCC2)CCN2CCCC21. The monoisotopic (exact) mass is 238 g/mol. The largest absolute Gasteiger partial charge is 0.480 e. The number of aliphatic carboxylic acids is 1. The predicted octanol–water partition coefficient (Wildman–Crippen LogP) is 1.21. The normalized spacial score (nSPS) is 38.7. The molecular formula is C13H22N2O2. The molecule has 1 aliphatic carbocycles. The number of hydrogen-bond donors (Lipinski definition) is 2. The minimum Gasteiger partial charge on any atom is -0.480 e. The van der Waals surface area contributed by atoms with Crippen LogP contribution >= 0.6 is 0 Å². The van der Waals surface area contributed by atoms with Crippen molar-refractivity contribution in [2.75, 3.05) is 13.1 Å². The van der Waals surface area contributed by atoms with Crippen LogP contribution in [0.15, 0.2) is 0 Å². The minimum atomic E-state index is -0.647. The second-order valence-corrected chi connectivity index (χ2v) is 5.85. The fourth-order valence-corrected chi connectivity index (χ4v) is 4.05. The lowest BCUT2D eigenvalue weighted by atomic mass is 9.87. The van der Waals surface area contributed by atoms with E-state index in [-0.39, 0.29) is 6.04 Å². The van der Waals surface area contributed by atoms with Crippen molar-refractivity contribution in [3.63, 3.8) is 0 Å². The van der Waals surface area contributed by atoms with E-state index in [4.69, 9.17) is 0 Å². The minimum absolute atomic E-state index is 0.237. The summed E-state index contributed by atoms with van der Waals surface area (Å²) >= 11 is 0. The molecule has 4 nitrogen and oxygen atoms in total. The molecule has 0 aromatic rings. The molecule has 17 heavy (non-hydrogen) atoms. The number of nitrogens with one attached hydrogen (secondary N) is 1. The zero-order valence-electron chi connectivity index (χ0n) is 10.3. The van der Waals surface area contributed by atoms with Crippen LogP contribution in [0.4, 0.5) is 0 Å². The van der Waals surface area contributed by atoms with E-state index < -0.39 is 11.5 Å². The van der Waals surface area contributed by atoms with Gasteiger partial charge in [-0.2, -0.15) is 0 Å². The van der Waals surface area contributed by atoms with Crippen molar-refractivity contribution < 1.29 is 9.90 Å². The number of carboxylic acid groups (broad SMARTS) is 1. The van der Waals surface area contributed by atoms with Crippen molar-refractivity contribution in [1.29, 1.82) is 0 Å². The first kappa shape index (κ1) is 11.5. The van der Waals surface area contributed by atoms with Gasteiger partial charge in [-0.25, -0.2) is 0 Å². The summed E-state index contributed by atoms with van der Waals surface area (Å²) in [6, 6.07) is 0.673. The van der Waals surface area contributed by atoms with Crippen LogP contribution in [0.2, 0.25) is 0 Å². The molecule has 1 saturated carbocycles. The van der Waals surface area contributed by atoms with Gasteiger partial charge in [0.25, 0.3) is 0 Å². The van der Waals surface area contributed by atoms with E-state index in [1.54, 1.807) is 0 Å². The second kappa shape index (κ2) is 4.25. The van der Waals surface area contributed by atoms with Gasteiger partial charge in [-0.15, -0.1) is 0 Å². The Morgan fingerprint density at radius 2 is 1.94 bits per heavy atom. The van der Waals surface area contributed by atoms with E-state index >= 15 is 0 Å². The van der Waals surface area contributed by atoms with Gasteiger partial charge in [0.2, 0.25) is 0 Å². The van der Waals surface area contributed by atoms with Gasteiger partial charge in [-0.05, 0) is 38.6 Å². The third kappa shape index (κ3) is 1.78. The van der Waals surface area contributed by atoms with E-state index in [2.05, 4.69) is 10.2 Å². The van der Waals surface area contributed by atoms with Gasteiger partial charge in [0, 0.05) is 18.6 Å². The van der Waals surface area contributed by atoms with Crippen molar-refractivity contribution in [3.8, 4) is 0 Å². The molecule has 3 rings (SSSR count). The fraction of sp³-hybridized carbons (Fsp3) is 0.923. The molecule has 2 unspecified atom stereocenters. The smallest absolute Gasteiger partial charge is 0.325 e. The molecule has 0 bridgehead atoms. The first-order valence-electron chi connectivity index (χ1n) is 6.97. The van der Waals surface area contributed by atoms with Gasteiger partial charge in [0.05, 0.1) is 0 Å². The third-order valence-corrected chi connectivity index (χ3v) is 4.92. The Morgan fingerprint density at radius 3 is 2.65 bits per heavy atom. The molecule has 96 valence electrons. The Kier molecular flexibility index (Phi) is 2.87. The highest BCUT2D eigenvalue weighted by Crippen LogP contribution is 2.37. The lowest BCUT2D eigenvalue weighted by molar-refractivity contribution is -0.146. The summed E-state index contributed by atoms with van der Waals surface area (Å²) < 4.78 is 0. The highest BCUT2D eigenvalue weighted by molar-refractivity contribution is 5.80. The average Bonchev–Trinajstić information content (AvgIpc) is 2.97. The van der Waals surface area contributed by atoms with Crippen molar-refractivity contribution in [3.05, 3.63) is 0 Å². The van der Waals surface area contributed by atoms with Crippen molar-refractivity contribution in [2.24, 2.45) is 0 Å². The number of carbonyl (C=O) groups is 1. The van der Waals surface area contributed by atoms with Crippen molar-refractivity contribution in [1.82, 2.24) is 10.2 Å². The average molecular weight is 238 g/mol. The Labute approximate surface area is 102 Å². The van der Waals surface area contributed by atoms with Gasteiger partial charge in [-0.1, -0.05) is 12.8 Å². The summed E-state index contributed by atoms with van der Waals surface area (Å²) in [6.45, 7) is 2.04. The van der Waals surface area contributed by atoms with Crippen LogP contribution in [0.1, 0.15) is 44.9 Å². The molecule has 3 fully saturated rings. The van der Waals surface area contributed by atoms with Crippen LogP contribution in [-0.4, -0.2) is 46.7 Å². The number of nitrogens with zero attached hydrogens (tertiary/aromatic N) is 1. The molecule has 2 saturated heterocycles. The maximum absolute atomic E-state index is 11.8. The van der Waals surface area contributed by atoms with Gasteiger partial charge in [0.1, 0.15) is 5.54 Å². The Bertz CT molecular complexity index is 315. The molecule has 0 aromatic carbocycles. The van der Waals surface area contributed by atoms with Gasteiger partial charge in [0.15, 0.2) is 0 Å². The summed E-state index contributed by atoms with van der Waals surface area (Å²) in [7, 11) is 0. The maximum Gasteiger partial charge on any atom is 0.325 e. The quantitative estimate of drug-likeness (QED) is 0.776. The predicted molar refractivity (Wildman–Crippen MR) is 65.0 cm³/mol. The second-order valence-electron chi connectivity index (χ2n) is 5.85. The fourth-order valence-electron chi connectivity index (χ4n) is 4.05. The van der Waals surface area contributed by atoms with E-state index in [9.17, 15) is 9.90 Å². The number of rotatable bonds is 3. The standard InChI is InChI=1S/C13H22N2O2/c16-12(17)13(14-10-4-1-2-5-10)7-9-15-8-3-6-11(13)15/h10-11,14H,1-9H2,(H,16,17). The summed E-state index contributed by atoms with van der Waals surface area (Å²) in [5.41, 5.74) is -0.647. The number of fused-ring (bicyclic) bond motifs is 1. The lowest BCUT2D eigenvalue weighted by Gasteiger charge is -2.34. The molecule has 2 N–H and O–H groups in total. The molecule has 3 aliphatic rings. The third-order valence-electron chi connectivity index (χ3n) is 4.92. The summed E-state index contributed by atoms with van der Waals surface area (Å²) in [5, 5.41) is 13.2. The van der Waals surface area contributed by atoms with Crippen molar-refractivity contribution >= 4 is 5.97 Å². The van der Waals surface area contributed by atoms with Crippen LogP contribution < -0.4 is 5.32 Å². The van der Waals surface area contributed by atoms with Crippen LogP contribution in [0.25, 0.3) is 0 Å². The van der Waals surface area contributed by atoms with Crippen LogP contribution in [-0.2, 0) is 4.79 Å². The first-order chi connectivity index (χ1) is 8.22.